The minimum atomic E-state index is -3.30. The predicted octanol–water partition coefficient (Wildman–Crippen LogP) is 3.42. The molecule has 0 radical (unpaired) electrons. The Morgan fingerprint density at radius 3 is 2.52 bits per heavy atom. The van der Waals surface area contributed by atoms with Crippen LogP contribution in [-0.4, -0.2) is 20.1 Å². The summed E-state index contributed by atoms with van der Waals surface area (Å²) in [5, 5.41) is 0. The van der Waals surface area contributed by atoms with E-state index in [0.717, 1.165) is 18.4 Å². The maximum absolute atomic E-state index is 12.1. The number of aryl methyl sites for hydroxylation is 2. The van der Waals surface area contributed by atoms with Crippen LogP contribution in [0.2, 0.25) is 0 Å². The number of rotatable bonds is 6. The lowest BCUT2D eigenvalue weighted by Gasteiger charge is -2.20. The predicted molar refractivity (Wildman–Crippen MR) is 88.3 cm³/mol. The van der Waals surface area contributed by atoms with Gasteiger partial charge in [-0.25, -0.2) is 13.1 Å². The Balaban J connectivity index is 2.08. The van der Waals surface area contributed by atoms with Gasteiger partial charge in [0.25, 0.3) is 0 Å². The quantitative estimate of drug-likeness (QED) is 0.813. The minimum absolute atomic E-state index is 0.0418. The monoisotopic (exact) mass is 329 g/mol. The van der Waals surface area contributed by atoms with Gasteiger partial charge >= 0.3 is 0 Å². The molecule has 5 heteroatoms. The zero-order valence-electron chi connectivity index (χ0n) is 12.7. The molecule has 0 aliphatic heterocycles. The normalized spacial score (nSPS) is 18.0. The Labute approximate surface area is 133 Å². The fraction of sp³-hybridized carbons (Fsp3) is 0.625. The van der Waals surface area contributed by atoms with Crippen LogP contribution in [0, 0.1) is 5.92 Å². The molecule has 0 saturated carbocycles. The Morgan fingerprint density at radius 1 is 1.19 bits per heavy atom. The van der Waals surface area contributed by atoms with Crippen LogP contribution in [0.1, 0.15) is 49.4 Å². The van der Waals surface area contributed by atoms with Crippen molar-refractivity contribution in [3.8, 4) is 0 Å². The van der Waals surface area contributed by atoms with Crippen LogP contribution in [0.5, 0.6) is 0 Å². The standard InChI is InChI=1S/C16H24ClNO2S/c1-12(10-17)11-21(19,20)18-13(2)15-8-7-14-5-3-4-6-16(14)9-15/h7-9,12-13,18H,3-6,10-11H2,1-2H3. The van der Waals surface area contributed by atoms with Gasteiger partial charge in [-0.1, -0.05) is 25.1 Å². The van der Waals surface area contributed by atoms with E-state index in [1.165, 1.54) is 24.0 Å². The fourth-order valence-corrected chi connectivity index (χ4v) is 4.70. The molecular weight excluding hydrogens is 306 g/mol. The summed E-state index contributed by atoms with van der Waals surface area (Å²) in [5.41, 5.74) is 3.83. The summed E-state index contributed by atoms with van der Waals surface area (Å²) >= 11 is 5.70. The van der Waals surface area contributed by atoms with E-state index in [1.54, 1.807) is 0 Å². The highest BCUT2D eigenvalue weighted by Gasteiger charge is 2.19. The smallest absolute Gasteiger partial charge is 0.212 e. The van der Waals surface area contributed by atoms with Crippen molar-refractivity contribution < 1.29 is 8.42 Å². The lowest BCUT2D eigenvalue weighted by atomic mass is 9.89. The van der Waals surface area contributed by atoms with Gasteiger partial charge in [0.1, 0.15) is 0 Å². The second-order valence-corrected chi connectivity index (χ2v) is 8.22. The number of hydrogen-bond donors (Lipinski definition) is 1. The highest BCUT2D eigenvalue weighted by Crippen LogP contribution is 2.25. The van der Waals surface area contributed by atoms with Crippen molar-refractivity contribution in [3.05, 3.63) is 34.9 Å². The largest absolute Gasteiger partial charge is 0.212 e. The molecule has 1 N–H and O–H groups in total. The van der Waals surface area contributed by atoms with Crippen molar-refractivity contribution in [2.75, 3.05) is 11.6 Å². The van der Waals surface area contributed by atoms with Crippen LogP contribution in [0.3, 0.4) is 0 Å². The molecule has 1 aromatic rings. The number of hydrogen-bond acceptors (Lipinski definition) is 2. The van der Waals surface area contributed by atoms with Gasteiger partial charge in [0, 0.05) is 11.9 Å². The SMILES string of the molecule is CC(CCl)CS(=O)(=O)NC(C)c1ccc2c(c1)CCCC2. The minimum Gasteiger partial charge on any atom is -0.212 e. The summed E-state index contributed by atoms with van der Waals surface area (Å²) in [6.07, 6.45) is 4.73. The highest BCUT2D eigenvalue weighted by atomic mass is 35.5. The van der Waals surface area contributed by atoms with E-state index in [0.29, 0.717) is 5.88 Å². The van der Waals surface area contributed by atoms with E-state index in [2.05, 4.69) is 16.9 Å². The summed E-state index contributed by atoms with van der Waals surface area (Å²) in [6.45, 7) is 3.74. The summed E-state index contributed by atoms with van der Waals surface area (Å²) < 4.78 is 27.0. The average molecular weight is 330 g/mol. The summed E-state index contributed by atoms with van der Waals surface area (Å²) in [7, 11) is -3.30. The van der Waals surface area contributed by atoms with Crippen LogP contribution in [-0.2, 0) is 22.9 Å². The number of sulfonamides is 1. The van der Waals surface area contributed by atoms with Gasteiger partial charge in [-0.15, -0.1) is 11.6 Å². The van der Waals surface area contributed by atoms with Crippen LogP contribution in [0.25, 0.3) is 0 Å². The zero-order chi connectivity index (χ0) is 15.5. The van der Waals surface area contributed by atoms with Gasteiger partial charge in [0.15, 0.2) is 0 Å². The first-order chi connectivity index (χ1) is 9.91. The molecule has 0 spiro atoms. The number of halogens is 1. The molecule has 0 aromatic heterocycles. The summed E-state index contributed by atoms with van der Waals surface area (Å²) in [6, 6.07) is 6.15. The van der Waals surface area contributed by atoms with E-state index in [4.69, 9.17) is 11.6 Å². The van der Waals surface area contributed by atoms with Crippen molar-refractivity contribution in [2.45, 2.75) is 45.6 Å². The molecule has 118 valence electrons. The lowest BCUT2D eigenvalue weighted by Crippen LogP contribution is -2.31. The van der Waals surface area contributed by atoms with Gasteiger partial charge in [0.05, 0.1) is 5.75 Å². The Morgan fingerprint density at radius 2 is 1.86 bits per heavy atom. The third-order valence-corrected chi connectivity index (χ3v) is 6.24. The van der Waals surface area contributed by atoms with Gasteiger partial charge in [-0.3, -0.25) is 0 Å². The molecule has 0 heterocycles. The van der Waals surface area contributed by atoms with Gasteiger partial charge in [0.2, 0.25) is 10.0 Å². The molecule has 2 unspecified atom stereocenters. The molecule has 0 bridgehead atoms. The molecule has 2 atom stereocenters. The van der Waals surface area contributed by atoms with Crippen molar-refractivity contribution in [3.63, 3.8) is 0 Å². The third kappa shape index (κ3) is 4.70. The molecular formula is C16H24ClNO2S. The van der Waals surface area contributed by atoms with Gasteiger partial charge in [-0.2, -0.15) is 0 Å². The van der Waals surface area contributed by atoms with Crippen molar-refractivity contribution in [2.24, 2.45) is 5.92 Å². The summed E-state index contributed by atoms with van der Waals surface area (Å²) in [5.74, 6) is 0.389. The number of fused-ring (bicyclic) bond motifs is 1. The Bertz CT molecular complexity index is 586. The van der Waals surface area contributed by atoms with Crippen LogP contribution in [0.4, 0.5) is 0 Å². The van der Waals surface area contributed by atoms with E-state index < -0.39 is 10.0 Å². The van der Waals surface area contributed by atoms with Crippen molar-refractivity contribution in [1.29, 1.82) is 0 Å². The first kappa shape index (κ1) is 16.8. The summed E-state index contributed by atoms with van der Waals surface area (Å²) in [4.78, 5) is 0. The molecule has 3 nitrogen and oxygen atoms in total. The van der Waals surface area contributed by atoms with E-state index >= 15 is 0 Å². The number of benzene rings is 1. The van der Waals surface area contributed by atoms with Crippen molar-refractivity contribution >= 4 is 21.6 Å². The zero-order valence-corrected chi connectivity index (χ0v) is 14.3. The van der Waals surface area contributed by atoms with E-state index in [1.807, 2.05) is 19.9 Å². The molecule has 2 rings (SSSR count). The first-order valence-corrected chi connectivity index (χ1v) is 9.77. The molecule has 21 heavy (non-hydrogen) atoms. The second-order valence-electron chi connectivity index (χ2n) is 6.12. The maximum atomic E-state index is 12.1. The Hall–Kier alpha value is -0.580. The molecule has 0 amide bonds. The fourth-order valence-electron chi connectivity index (χ4n) is 2.83. The molecule has 0 fully saturated rings. The molecule has 1 aliphatic carbocycles. The topological polar surface area (TPSA) is 46.2 Å². The van der Waals surface area contributed by atoms with Crippen LogP contribution in [0.15, 0.2) is 18.2 Å². The molecule has 1 aliphatic rings. The van der Waals surface area contributed by atoms with Gasteiger partial charge < -0.3 is 0 Å². The number of alkyl halides is 1. The first-order valence-electron chi connectivity index (χ1n) is 7.59. The highest BCUT2D eigenvalue weighted by molar-refractivity contribution is 7.89. The van der Waals surface area contributed by atoms with Crippen molar-refractivity contribution in [1.82, 2.24) is 4.72 Å². The lowest BCUT2D eigenvalue weighted by molar-refractivity contribution is 0.555. The average Bonchev–Trinajstić information content (AvgIpc) is 2.45. The molecule has 0 saturated heterocycles. The van der Waals surface area contributed by atoms with E-state index in [-0.39, 0.29) is 17.7 Å². The van der Waals surface area contributed by atoms with Crippen LogP contribution >= 0.6 is 11.6 Å². The van der Waals surface area contributed by atoms with Crippen LogP contribution < -0.4 is 4.72 Å². The van der Waals surface area contributed by atoms with Gasteiger partial charge in [-0.05, 0) is 55.2 Å². The number of nitrogens with one attached hydrogen (secondary N) is 1. The molecule has 1 aromatic carbocycles. The maximum Gasteiger partial charge on any atom is 0.212 e. The third-order valence-electron chi connectivity index (χ3n) is 4.00. The van der Waals surface area contributed by atoms with E-state index in [9.17, 15) is 8.42 Å². The Kier molecular flexibility index (Phi) is 5.69. The second kappa shape index (κ2) is 7.12.